The largest absolute Gasteiger partial charge is 0 e. The smallest absolute Gasteiger partial charge is 0 e. The molecule has 0 saturated carbocycles. The van der Waals surface area contributed by atoms with Gasteiger partial charge in [0.2, 0.25) is 0 Å². The zero-order valence-electron chi connectivity index (χ0n) is 1.56. The van der Waals surface area contributed by atoms with Crippen LogP contribution in [0.4, 0.5) is 0 Å². The van der Waals surface area contributed by atoms with Crippen molar-refractivity contribution in [3.05, 3.63) is 0 Å². The van der Waals surface area contributed by atoms with Crippen LogP contribution in [-0.2, 0) is 65.1 Å². The molecule has 0 bridgehead atoms. The summed E-state index contributed by atoms with van der Waals surface area (Å²) in [5, 5.41) is 0. The van der Waals surface area contributed by atoms with Gasteiger partial charge in [-0.25, -0.2) is 0 Å². The SMILES string of the molecule is [O]=[Ir].[Pt].[Ti]. The summed E-state index contributed by atoms with van der Waals surface area (Å²) in [6.45, 7) is 0. The van der Waals surface area contributed by atoms with Crippen molar-refractivity contribution in [2.45, 2.75) is 0 Å². The van der Waals surface area contributed by atoms with Crippen LogP contribution < -0.4 is 0 Å². The first-order chi connectivity index (χ1) is 1.00. The zero-order valence-corrected chi connectivity index (χ0v) is 7.79. The van der Waals surface area contributed by atoms with Gasteiger partial charge in [-0.05, 0) is 0 Å². The molecule has 0 N–H and O–H groups in total. The molecule has 0 atom stereocenters. The molecule has 0 rings (SSSR count). The molecule has 0 spiro atoms. The third-order valence-electron chi connectivity index (χ3n) is 0. The van der Waals surface area contributed by atoms with Crippen molar-refractivity contribution in [1.82, 2.24) is 0 Å². The molecule has 0 aromatic heterocycles. The summed E-state index contributed by atoms with van der Waals surface area (Å²) in [6, 6.07) is 0. The summed E-state index contributed by atoms with van der Waals surface area (Å²) in [5.74, 6) is 0. The van der Waals surface area contributed by atoms with E-state index < -0.39 is 0 Å². The normalized spacial score (nSPS) is 1.25. The third-order valence-corrected chi connectivity index (χ3v) is 0. The zero-order chi connectivity index (χ0) is 2.00. The van der Waals surface area contributed by atoms with Crippen LogP contribution in [-0.4, -0.2) is 0 Å². The molecule has 0 unspecified atom stereocenters. The molecule has 0 amide bonds. The van der Waals surface area contributed by atoms with E-state index in [2.05, 4.69) is 0 Å². The molecular formula is IrOPtTi. The first-order valence-electron chi connectivity index (χ1n) is 0.136. The van der Waals surface area contributed by atoms with Crippen LogP contribution >= 0.6 is 0 Å². The minimum atomic E-state index is 0. The van der Waals surface area contributed by atoms with Crippen LogP contribution in [0.3, 0.4) is 0 Å². The van der Waals surface area contributed by atoms with Gasteiger partial charge in [0.25, 0.3) is 0 Å². The summed E-state index contributed by atoms with van der Waals surface area (Å²) in [4.78, 5) is 0. The summed E-state index contributed by atoms with van der Waals surface area (Å²) < 4.78 is 8.25. The van der Waals surface area contributed by atoms with Gasteiger partial charge in [-0.1, -0.05) is 0 Å². The standard InChI is InChI=1S/Ir.O.Pt.Ti. The Morgan fingerprint density at radius 3 is 1.25 bits per heavy atom. The Balaban J connectivity index is -0.00000000500. The Hall–Kier alpha value is 1.85. The Bertz CT molecular complexity index is 8.00. The van der Waals surface area contributed by atoms with E-state index in [0.717, 1.165) is 18.9 Å². The van der Waals surface area contributed by atoms with Crippen molar-refractivity contribution < 1.29 is 65.1 Å². The van der Waals surface area contributed by atoms with Crippen molar-refractivity contribution >= 4 is 0 Å². The van der Waals surface area contributed by atoms with Crippen LogP contribution in [0.25, 0.3) is 0 Å². The van der Waals surface area contributed by atoms with Gasteiger partial charge in [-0.2, -0.15) is 0 Å². The van der Waals surface area contributed by atoms with Crippen molar-refractivity contribution in [3.8, 4) is 0 Å². The van der Waals surface area contributed by atoms with Gasteiger partial charge in [0, 0.05) is 42.8 Å². The Morgan fingerprint density at radius 2 is 1.25 bits per heavy atom. The first kappa shape index (κ1) is 16.9. The summed E-state index contributed by atoms with van der Waals surface area (Å²) in [7, 11) is 0. The average molecular weight is 451 g/mol. The van der Waals surface area contributed by atoms with Gasteiger partial charge in [-0.3, -0.25) is 0 Å². The monoisotopic (exact) mass is 452 g/mol. The quantitative estimate of drug-likeness (QED) is 0.470. The summed E-state index contributed by atoms with van der Waals surface area (Å²) in [5.41, 5.74) is 0. The molecule has 0 aliphatic rings. The maximum atomic E-state index is 8.25. The first-order valence-corrected chi connectivity index (χ1v) is 1.11. The predicted molar refractivity (Wildman–Crippen MR) is 0.686 cm³/mol. The van der Waals surface area contributed by atoms with Gasteiger partial charge in [0.15, 0.2) is 0 Å². The van der Waals surface area contributed by atoms with Crippen LogP contribution in [0.2, 0.25) is 0 Å². The molecule has 0 radical (unpaired) electrons. The van der Waals surface area contributed by atoms with Gasteiger partial charge in [0.05, 0.1) is 0 Å². The van der Waals surface area contributed by atoms with Crippen LogP contribution in [0.15, 0.2) is 0 Å². The van der Waals surface area contributed by atoms with E-state index in [0.29, 0.717) is 0 Å². The second-order valence-electron chi connectivity index (χ2n) is 0. The van der Waals surface area contributed by atoms with Crippen molar-refractivity contribution in [2.75, 3.05) is 0 Å². The van der Waals surface area contributed by atoms with E-state index in [1.165, 1.54) is 0 Å². The minimum Gasteiger partial charge on any atom is 0 e. The maximum absolute atomic E-state index is 8.25. The second-order valence-corrected chi connectivity index (χ2v) is 0. The number of hydrogen-bond donors (Lipinski definition) is 0. The molecular weight excluding hydrogens is 451 g/mol. The molecule has 1 nitrogen and oxygen atoms in total. The molecule has 0 fully saturated rings. The summed E-state index contributed by atoms with van der Waals surface area (Å²) in [6.07, 6.45) is 0. The van der Waals surface area contributed by atoms with E-state index >= 15 is 0 Å². The molecule has 0 aromatic carbocycles. The molecule has 29 valence electrons. The second kappa shape index (κ2) is 21.0. The minimum absolute atomic E-state index is 0. The van der Waals surface area contributed by atoms with E-state index in [1.54, 1.807) is 0 Å². The predicted octanol–water partition coefficient (Wildman–Crippen LogP) is -0.126. The average Bonchev–Trinajstić information content (AvgIpc) is 1.00. The van der Waals surface area contributed by atoms with Gasteiger partial charge >= 0.3 is 22.4 Å². The van der Waals surface area contributed by atoms with E-state index in [4.69, 9.17) is 3.50 Å². The molecule has 0 aliphatic carbocycles. The fraction of sp³-hybridized carbons (Fsp3) is 0. The summed E-state index contributed by atoms with van der Waals surface area (Å²) >= 11 is 0.750. The van der Waals surface area contributed by atoms with E-state index in [-0.39, 0.29) is 42.8 Å². The molecule has 0 aromatic rings. The maximum Gasteiger partial charge on any atom is 0 e. The molecule has 4 heavy (non-hydrogen) atoms. The van der Waals surface area contributed by atoms with Crippen molar-refractivity contribution in [3.63, 3.8) is 0 Å². The van der Waals surface area contributed by atoms with Gasteiger partial charge in [0.1, 0.15) is 0 Å². The number of hydrogen-bond acceptors (Lipinski definition) is 1. The fourth-order valence-electron chi connectivity index (χ4n) is 0. The van der Waals surface area contributed by atoms with Crippen molar-refractivity contribution in [1.29, 1.82) is 0 Å². The molecule has 0 heterocycles. The Morgan fingerprint density at radius 1 is 1.25 bits per heavy atom. The number of rotatable bonds is 0. The van der Waals surface area contributed by atoms with Crippen LogP contribution in [0, 0.1) is 0 Å². The van der Waals surface area contributed by atoms with Gasteiger partial charge in [-0.15, -0.1) is 0 Å². The van der Waals surface area contributed by atoms with Gasteiger partial charge < -0.3 is 0 Å². The molecule has 0 saturated heterocycles. The van der Waals surface area contributed by atoms with Crippen LogP contribution in [0.1, 0.15) is 0 Å². The Labute approximate surface area is 64.5 Å². The van der Waals surface area contributed by atoms with Crippen molar-refractivity contribution in [2.24, 2.45) is 0 Å². The third kappa shape index (κ3) is 9.13. The van der Waals surface area contributed by atoms with E-state index in [9.17, 15) is 0 Å². The molecule has 4 heteroatoms. The topological polar surface area (TPSA) is 17.1 Å². The Kier molecular flexibility index (Phi) is 88.9. The van der Waals surface area contributed by atoms with Crippen LogP contribution in [0.5, 0.6) is 0 Å². The fourth-order valence-corrected chi connectivity index (χ4v) is 0. The van der Waals surface area contributed by atoms with E-state index in [1.807, 2.05) is 0 Å². The molecule has 0 aliphatic heterocycles.